The Bertz CT molecular complexity index is 549. The summed E-state index contributed by atoms with van der Waals surface area (Å²) < 4.78 is 5.51. The molecule has 1 aliphatic carbocycles. The molecule has 2 saturated heterocycles. The van der Waals surface area contributed by atoms with E-state index in [1.807, 2.05) is 4.90 Å². The number of urea groups is 1. The van der Waals surface area contributed by atoms with Crippen molar-refractivity contribution in [2.45, 2.75) is 38.0 Å². The van der Waals surface area contributed by atoms with E-state index in [1.54, 1.807) is 11.3 Å². The van der Waals surface area contributed by atoms with E-state index in [0.717, 1.165) is 50.6 Å². The average molecular weight is 321 g/mol. The summed E-state index contributed by atoms with van der Waals surface area (Å²) in [6.45, 7) is 4.05. The Morgan fingerprint density at radius 2 is 2.41 bits per heavy atom. The molecule has 2 amide bonds. The zero-order valence-electron chi connectivity index (χ0n) is 12.8. The maximum atomic E-state index is 12.3. The molecule has 3 fully saturated rings. The average Bonchev–Trinajstić information content (AvgIpc) is 2.95. The lowest BCUT2D eigenvalue weighted by Crippen LogP contribution is -2.40. The van der Waals surface area contributed by atoms with Crippen LogP contribution in [0.3, 0.4) is 0 Å². The summed E-state index contributed by atoms with van der Waals surface area (Å²) in [5.74, 6) is 0.717. The number of thiazole rings is 1. The fourth-order valence-corrected chi connectivity index (χ4v) is 4.35. The monoisotopic (exact) mass is 321 g/mol. The van der Waals surface area contributed by atoms with E-state index in [2.05, 4.69) is 15.7 Å². The highest BCUT2D eigenvalue weighted by Crippen LogP contribution is 2.40. The van der Waals surface area contributed by atoms with Crippen LogP contribution in [0.25, 0.3) is 0 Å². The van der Waals surface area contributed by atoms with E-state index in [9.17, 15) is 4.79 Å². The number of rotatable bonds is 4. The Morgan fingerprint density at radius 1 is 1.50 bits per heavy atom. The molecule has 0 unspecified atom stereocenters. The van der Waals surface area contributed by atoms with Crippen molar-refractivity contribution in [1.29, 1.82) is 0 Å². The molecule has 2 aliphatic heterocycles. The maximum absolute atomic E-state index is 12.3. The lowest BCUT2D eigenvalue weighted by molar-refractivity contribution is 0.152. The van der Waals surface area contributed by atoms with Gasteiger partial charge in [-0.2, -0.15) is 0 Å². The molecular weight excluding hydrogens is 298 g/mol. The predicted molar refractivity (Wildman–Crippen MR) is 85.3 cm³/mol. The Morgan fingerprint density at radius 3 is 3.18 bits per heavy atom. The number of ether oxygens (including phenoxy) is 1. The highest BCUT2D eigenvalue weighted by atomic mass is 32.1. The molecule has 4 rings (SSSR count). The van der Waals surface area contributed by atoms with Crippen LogP contribution in [0.4, 0.5) is 4.79 Å². The van der Waals surface area contributed by atoms with Crippen molar-refractivity contribution in [3.8, 4) is 0 Å². The molecule has 5 nitrogen and oxygen atoms in total. The van der Waals surface area contributed by atoms with Crippen LogP contribution in [0.2, 0.25) is 0 Å². The van der Waals surface area contributed by atoms with Crippen molar-refractivity contribution in [3.05, 3.63) is 16.1 Å². The SMILES string of the molecule is O=C(NCCc1nc(C2CC2)cs1)N1CC[C@@]2(CCOC2)C1. The molecule has 0 aromatic carbocycles. The summed E-state index contributed by atoms with van der Waals surface area (Å²) >= 11 is 1.72. The number of hydrogen-bond acceptors (Lipinski definition) is 4. The molecule has 3 aliphatic rings. The van der Waals surface area contributed by atoms with Crippen LogP contribution in [-0.4, -0.2) is 48.8 Å². The minimum Gasteiger partial charge on any atom is -0.381 e. The first-order valence-electron chi connectivity index (χ1n) is 8.29. The van der Waals surface area contributed by atoms with Gasteiger partial charge in [0.1, 0.15) is 0 Å². The highest BCUT2D eigenvalue weighted by Gasteiger charge is 2.42. The van der Waals surface area contributed by atoms with Gasteiger partial charge in [0.2, 0.25) is 0 Å². The number of nitrogens with zero attached hydrogens (tertiary/aromatic N) is 2. The first kappa shape index (κ1) is 14.5. The Kier molecular flexibility index (Phi) is 3.82. The van der Waals surface area contributed by atoms with Crippen molar-refractivity contribution in [2.24, 2.45) is 5.41 Å². The lowest BCUT2D eigenvalue weighted by atomic mass is 9.87. The molecule has 1 aromatic heterocycles. The van der Waals surface area contributed by atoms with Crippen molar-refractivity contribution in [3.63, 3.8) is 0 Å². The lowest BCUT2D eigenvalue weighted by Gasteiger charge is -2.22. The molecule has 0 radical (unpaired) electrons. The van der Waals surface area contributed by atoms with Crippen molar-refractivity contribution in [2.75, 3.05) is 32.8 Å². The zero-order chi connectivity index (χ0) is 15.0. The van der Waals surface area contributed by atoms with Crippen LogP contribution in [-0.2, 0) is 11.2 Å². The van der Waals surface area contributed by atoms with Crippen molar-refractivity contribution >= 4 is 17.4 Å². The Hall–Kier alpha value is -1.14. The summed E-state index contributed by atoms with van der Waals surface area (Å²) in [6.07, 6.45) is 5.60. The smallest absolute Gasteiger partial charge is 0.317 e. The second kappa shape index (κ2) is 5.81. The van der Waals surface area contributed by atoms with Gasteiger partial charge in [-0.1, -0.05) is 0 Å². The number of nitrogens with one attached hydrogen (secondary N) is 1. The van der Waals surface area contributed by atoms with Crippen LogP contribution >= 0.6 is 11.3 Å². The van der Waals surface area contributed by atoms with E-state index < -0.39 is 0 Å². The minimum atomic E-state index is 0.0720. The maximum Gasteiger partial charge on any atom is 0.317 e. The normalized spacial score (nSPS) is 27.7. The topological polar surface area (TPSA) is 54.5 Å². The third-order valence-corrected chi connectivity index (χ3v) is 6.02. The van der Waals surface area contributed by atoms with Gasteiger partial charge in [0, 0.05) is 49.4 Å². The van der Waals surface area contributed by atoms with E-state index in [0.29, 0.717) is 12.5 Å². The van der Waals surface area contributed by atoms with Gasteiger partial charge in [-0.15, -0.1) is 11.3 Å². The number of aromatic nitrogens is 1. The van der Waals surface area contributed by atoms with Crippen LogP contribution in [0.1, 0.15) is 42.3 Å². The third kappa shape index (κ3) is 2.99. The molecular formula is C16H23N3O2S. The van der Waals surface area contributed by atoms with Gasteiger partial charge >= 0.3 is 6.03 Å². The molecule has 0 bridgehead atoms. The quantitative estimate of drug-likeness (QED) is 0.926. The van der Waals surface area contributed by atoms with Gasteiger partial charge in [-0.3, -0.25) is 0 Å². The summed E-state index contributed by atoms with van der Waals surface area (Å²) in [5, 5.41) is 6.37. The zero-order valence-corrected chi connectivity index (χ0v) is 13.7. The van der Waals surface area contributed by atoms with Crippen molar-refractivity contribution < 1.29 is 9.53 Å². The highest BCUT2D eigenvalue weighted by molar-refractivity contribution is 7.09. The second-order valence-electron chi connectivity index (χ2n) is 6.90. The first-order chi connectivity index (χ1) is 10.7. The van der Waals surface area contributed by atoms with Gasteiger partial charge in [0.05, 0.1) is 17.3 Å². The van der Waals surface area contributed by atoms with E-state index in [1.165, 1.54) is 18.5 Å². The van der Waals surface area contributed by atoms with Gasteiger partial charge in [-0.05, 0) is 25.7 Å². The van der Waals surface area contributed by atoms with Gasteiger partial charge in [0.25, 0.3) is 0 Å². The van der Waals surface area contributed by atoms with Crippen LogP contribution in [0.15, 0.2) is 5.38 Å². The van der Waals surface area contributed by atoms with Crippen LogP contribution < -0.4 is 5.32 Å². The third-order valence-electron chi connectivity index (χ3n) is 5.09. The minimum absolute atomic E-state index is 0.0720. The van der Waals surface area contributed by atoms with E-state index >= 15 is 0 Å². The number of carbonyl (C=O) groups excluding carboxylic acids is 1. The number of carbonyl (C=O) groups is 1. The molecule has 120 valence electrons. The molecule has 1 N–H and O–H groups in total. The number of likely N-dealkylation sites (tertiary alicyclic amines) is 1. The molecule has 1 saturated carbocycles. The molecule has 1 atom stereocenters. The molecule has 1 aromatic rings. The van der Waals surface area contributed by atoms with Crippen LogP contribution in [0, 0.1) is 5.41 Å². The van der Waals surface area contributed by atoms with Crippen LogP contribution in [0.5, 0.6) is 0 Å². The standard InChI is InChI=1S/C16H23N3O2S/c20-15(19-7-4-16(10-19)5-8-21-11-16)17-6-3-14-18-13(9-22-14)12-1-2-12/h9,12H,1-8,10-11H2,(H,17,20)/t16-/m1/s1. The molecule has 3 heterocycles. The van der Waals surface area contributed by atoms with Gasteiger partial charge in [-0.25, -0.2) is 9.78 Å². The summed E-state index contributed by atoms with van der Waals surface area (Å²) in [6, 6.07) is 0.0720. The summed E-state index contributed by atoms with van der Waals surface area (Å²) in [4.78, 5) is 18.9. The molecule has 1 spiro atoms. The Balaban J connectivity index is 1.22. The van der Waals surface area contributed by atoms with Gasteiger partial charge in [0.15, 0.2) is 0 Å². The van der Waals surface area contributed by atoms with Crippen molar-refractivity contribution in [1.82, 2.24) is 15.2 Å². The summed E-state index contributed by atoms with van der Waals surface area (Å²) in [7, 11) is 0. The second-order valence-corrected chi connectivity index (χ2v) is 7.84. The molecule has 6 heteroatoms. The predicted octanol–water partition coefficient (Wildman–Crippen LogP) is 2.39. The fraction of sp³-hybridized carbons (Fsp3) is 0.750. The molecule has 22 heavy (non-hydrogen) atoms. The first-order valence-corrected chi connectivity index (χ1v) is 9.17. The van der Waals surface area contributed by atoms with Gasteiger partial charge < -0.3 is 15.0 Å². The number of amides is 2. The van der Waals surface area contributed by atoms with E-state index in [4.69, 9.17) is 4.74 Å². The van der Waals surface area contributed by atoms with E-state index in [-0.39, 0.29) is 11.4 Å². The fourth-order valence-electron chi connectivity index (χ4n) is 3.47. The largest absolute Gasteiger partial charge is 0.381 e. The summed E-state index contributed by atoms with van der Waals surface area (Å²) in [5.41, 5.74) is 1.50. The number of hydrogen-bond donors (Lipinski definition) is 1. The Labute approximate surface area is 135 Å².